The molecule has 43 heavy (non-hydrogen) atoms. The molecular weight excluding hydrogens is 617 g/mol. The van der Waals surface area contributed by atoms with Gasteiger partial charge in [0.2, 0.25) is 17.7 Å². The molecule has 2 N–H and O–H groups in total. The molecule has 0 aliphatic heterocycles. The topological polar surface area (TPSA) is 154 Å². The monoisotopic (exact) mass is 638 g/mol. The number of carbonyl (C=O) groups excluding carboxylic acids is 1. The van der Waals surface area contributed by atoms with E-state index >= 15 is 0 Å². The van der Waals surface area contributed by atoms with Gasteiger partial charge in [0.25, 0.3) is 0 Å². The third kappa shape index (κ3) is 7.78. The van der Waals surface area contributed by atoms with E-state index in [4.69, 9.17) is 16.3 Å². The first-order valence-corrected chi connectivity index (χ1v) is 14.1. The van der Waals surface area contributed by atoms with Gasteiger partial charge < -0.3 is 10.1 Å². The molecule has 17 heteroatoms. The van der Waals surface area contributed by atoms with Crippen molar-refractivity contribution in [2.45, 2.75) is 25.5 Å². The Kier molecular flexibility index (Phi) is 9.20. The van der Waals surface area contributed by atoms with E-state index < -0.39 is 45.3 Å². The van der Waals surface area contributed by atoms with Crippen LogP contribution in [0.25, 0.3) is 0 Å². The maximum absolute atomic E-state index is 13.5. The molecule has 0 fully saturated rings. The molecule has 0 aliphatic carbocycles. The minimum absolute atomic E-state index is 0.129. The van der Waals surface area contributed by atoms with Gasteiger partial charge in [-0.3, -0.25) is 9.36 Å². The Balaban J connectivity index is 1.64. The fourth-order valence-electron chi connectivity index (χ4n) is 3.61. The fourth-order valence-corrected chi connectivity index (χ4v) is 4.31. The van der Waals surface area contributed by atoms with Gasteiger partial charge in [0.1, 0.15) is 5.75 Å². The normalized spacial score (nSPS) is 12.4. The van der Waals surface area contributed by atoms with Crippen LogP contribution in [0.3, 0.4) is 0 Å². The lowest BCUT2D eigenvalue weighted by molar-refractivity contribution is -0.123. The molecule has 2 aromatic carbocycles. The van der Waals surface area contributed by atoms with Gasteiger partial charge in [-0.05, 0) is 48.0 Å². The number of benzene rings is 2. The number of aromatic nitrogens is 4. The van der Waals surface area contributed by atoms with E-state index in [0.29, 0.717) is 32.5 Å². The second-order valence-corrected chi connectivity index (χ2v) is 11.2. The van der Waals surface area contributed by atoms with Crippen molar-refractivity contribution >= 4 is 39.2 Å². The molecular formula is C26H22ClF3N6O6S. The Morgan fingerprint density at radius 1 is 1.02 bits per heavy atom. The van der Waals surface area contributed by atoms with Crippen LogP contribution < -0.4 is 26.2 Å². The second-order valence-electron chi connectivity index (χ2n) is 9.06. The number of hydrogen-bond acceptors (Lipinski definition) is 9. The van der Waals surface area contributed by atoms with E-state index in [0.717, 1.165) is 16.2 Å². The van der Waals surface area contributed by atoms with Gasteiger partial charge in [0.05, 0.1) is 12.5 Å². The van der Waals surface area contributed by atoms with Crippen molar-refractivity contribution in [2.24, 2.45) is 5.92 Å². The summed E-state index contributed by atoms with van der Waals surface area (Å²) in [5.74, 6) is -2.48. The highest BCUT2D eigenvalue weighted by atomic mass is 35.5. The molecule has 2 heterocycles. The van der Waals surface area contributed by atoms with E-state index in [1.54, 1.807) is 72.9 Å². The highest BCUT2D eigenvalue weighted by Crippen LogP contribution is 2.23. The molecule has 0 spiro atoms. The van der Waals surface area contributed by atoms with Gasteiger partial charge >= 0.3 is 26.9 Å². The molecule has 2 aromatic heterocycles. The van der Waals surface area contributed by atoms with Crippen LogP contribution in [-0.4, -0.2) is 38.9 Å². The van der Waals surface area contributed by atoms with Crippen LogP contribution in [0.15, 0.2) is 82.5 Å². The molecule has 0 saturated carbocycles. The standard InChI is InChI=1S/C26H22ClF3N6O6S/c1-16(22(37)34-43(40,41)26(28,29)30)14-36-24(38)33-23(35(25(36)39)15-17-5-7-18(27)8-6-17)32-19-9-11-20(12-10-19)42-21-4-2-3-13-31-21/h2-13,16H,14-15H2,1H3,(H,34,37)(H,32,33,38)/t16-/m0/s1. The van der Waals surface area contributed by atoms with Crippen molar-refractivity contribution in [1.29, 1.82) is 0 Å². The maximum Gasteiger partial charge on any atom is 0.516 e. The number of carbonyl (C=O) groups is 1. The summed E-state index contributed by atoms with van der Waals surface area (Å²) >= 11 is 5.95. The van der Waals surface area contributed by atoms with Gasteiger partial charge in [-0.25, -0.2) is 23.9 Å². The first kappa shape index (κ1) is 31.2. The van der Waals surface area contributed by atoms with E-state index in [-0.39, 0.29) is 12.5 Å². The van der Waals surface area contributed by atoms with E-state index in [1.165, 1.54) is 0 Å². The Morgan fingerprint density at radius 2 is 1.70 bits per heavy atom. The zero-order chi connectivity index (χ0) is 31.4. The molecule has 1 amide bonds. The number of hydrogen-bond donors (Lipinski definition) is 2. The number of rotatable bonds is 10. The Bertz CT molecular complexity index is 1830. The molecule has 0 saturated heterocycles. The quantitative estimate of drug-likeness (QED) is 0.265. The summed E-state index contributed by atoms with van der Waals surface area (Å²) in [6.45, 7) is 0.164. The van der Waals surface area contributed by atoms with E-state index in [1.807, 2.05) is 0 Å². The molecule has 12 nitrogen and oxygen atoms in total. The Hall–Kier alpha value is -4.70. The van der Waals surface area contributed by atoms with Crippen LogP contribution in [0, 0.1) is 5.92 Å². The highest BCUT2D eigenvalue weighted by molar-refractivity contribution is 7.90. The lowest BCUT2D eigenvalue weighted by atomic mass is 10.2. The molecule has 4 rings (SSSR count). The smallest absolute Gasteiger partial charge is 0.439 e. The second kappa shape index (κ2) is 12.7. The summed E-state index contributed by atoms with van der Waals surface area (Å²) in [5.41, 5.74) is -6.85. The van der Waals surface area contributed by atoms with Crippen molar-refractivity contribution in [3.05, 3.63) is 104 Å². The van der Waals surface area contributed by atoms with Crippen LogP contribution in [0.4, 0.5) is 24.8 Å². The number of amides is 1. The number of anilines is 2. The molecule has 1 atom stereocenters. The van der Waals surface area contributed by atoms with Gasteiger partial charge in [-0.2, -0.15) is 26.6 Å². The molecule has 0 unspecified atom stereocenters. The van der Waals surface area contributed by atoms with Crippen LogP contribution in [-0.2, 0) is 27.9 Å². The summed E-state index contributed by atoms with van der Waals surface area (Å²) in [6, 6.07) is 17.9. The van der Waals surface area contributed by atoms with Crippen molar-refractivity contribution in [3.8, 4) is 11.6 Å². The predicted octanol–water partition coefficient (Wildman–Crippen LogP) is 3.64. The van der Waals surface area contributed by atoms with Crippen LogP contribution in [0.1, 0.15) is 12.5 Å². The third-order valence-corrected chi connectivity index (χ3v) is 7.15. The van der Waals surface area contributed by atoms with Crippen LogP contribution in [0.5, 0.6) is 11.6 Å². The summed E-state index contributed by atoms with van der Waals surface area (Å²) in [4.78, 5) is 46.6. The minimum Gasteiger partial charge on any atom is -0.439 e. The molecule has 0 bridgehead atoms. The maximum atomic E-state index is 13.5. The average molecular weight is 639 g/mol. The molecule has 0 aliphatic rings. The highest BCUT2D eigenvalue weighted by Gasteiger charge is 2.47. The van der Waals surface area contributed by atoms with Crippen molar-refractivity contribution < 1.29 is 31.1 Å². The first-order chi connectivity index (χ1) is 20.2. The number of nitrogens with one attached hydrogen (secondary N) is 2. The SMILES string of the molecule is C[C@@H](Cn1c(=O)nc(Nc2ccc(Oc3ccccn3)cc2)n(Cc2ccc(Cl)cc2)c1=O)C(=O)NS(=O)(=O)C(F)(F)F. The lowest BCUT2D eigenvalue weighted by Gasteiger charge is -2.18. The van der Waals surface area contributed by atoms with Crippen molar-refractivity contribution in [3.63, 3.8) is 0 Å². The van der Waals surface area contributed by atoms with Crippen LogP contribution >= 0.6 is 11.6 Å². The van der Waals surface area contributed by atoms with Gasteiger partial charge in [0.15, 0.2) is 0 Å². The van der Waals surface area contributed by atoms with Crippen molar-refractivity contribution in [1.82, 2.24) is 23.8 Å². The van der Waals surface area contributed by atoms with Crippen LogP contribution in [0.2, 0.25) is 5.02 Å². The van der Waals surface area contributed by atoms with E-state index in [9.17, 15) is 36.0 Å². The molecule has 0 radical (unpaired) electrons. The Labute approximate surface area is 246 Å². The zero-order valence-electron chi connectivity index (χ0n) is 22.1. The predicted molar refractivity (Wildman–Crippen MR) is 150 cm³/mol. The number of nitrogens with zero attached hydrogens (tertiary/aromatic N) is 4. The van der Waals surface area contributed by atoms with E-state index in [2.05, 4.69) is 15.3 Å². The lowest BCUT2D eigenvalue weighted by Crippen LogP contribution is -2.47. The fraction of sp³-hybridized carbons (Fsp3) is 0.192. The summed E-state index contributed by atoms with van der Waals surface area (Å²) in [6.07, 6.45) is 1.57. The molecule has 226 valence electrons. The number of pyridine rings is 1. The summed E-state index contributed by atoms with van der Waals surface area (Å²) in [7, 11) is -5.99. The number of halogens is 4. The first-order valence-electron chi connectivity index (χ1n) is 12.3. The average Bonchev–Trinajstić information content (AvgIpc) is 2.95. The largest absolute Gasteiger partial charge is 0.516 e. The Morgan fingerprint density at radius 3 is 2.30 bits per heavy atom. The zero-order valence-corrected chi connectivity index (χ0v) is 23.7. The number of ether oxygens (including phenoxy) is 1. The minimum atomic E-state index is -5.99. The summed E-state index contributed by atoms with van der Waals surface area (Å²) < 4.78 is 68.9. The van der Waals surface area contributed by atoms with Gasteiger partial charge in [-0.1, -0.05) is 36.7 Å². The number of alkyl halides is 3. The van der Waals surface area contributed by atoms with Gasteiger partial charge in [-0.15, -0.1) is 0 Å². The van der Waals surface area contributed by atoms with Crippen molar-refractivity contribution in [2.75, 3.05) is 5.32 Å². The van der Waals surface area contributed by atoms with Gasteiger partial charge in [0, 0.05) is 29.5 Å². The summed E-state index contributed by atoms with van der Waals surface area (Å²) in [5, 5.41) is 3.32. The number of sulfonamides is 1. The molecule has 4 aromatic rings. The third-order valence-electron chi connectivity index (χ3n) is 5.82.